The van der Waals surface area contributed by atoms with E-state index in [1.807, 2.05) is 0 Å². The first-order valence-electron chi connectivity index (χ1n) is 13.3. The molecule has 0 N–H and O–H groups in total. The Hall–Kier alpha value is -4.25. The van der Waals surface area contributed by atoms with Crippen molar-refractivity contribution in [2.24, 2.45) is 11.8 Å². The topological polar surface area (TPSA) is 132 Å². The van der Waals surface area contributed by atoms with Gasteiger partial charge in [-0.05, 0) is 83.6 Å². The number of hydrogen-bond donors (Lipinski definition) is 0. The molecule has 10 nitrogen and oxygen atoms in total. The van der Waals surface area contributed by atoms with E-state index in [-0.39, 0.29) is 48.9 Å². The summed E-state index contributed by atoms with van der Waals surface area (Å²) in [4.78, 5) is 59.7. The first kappa shape index (κ1) is 32.3. The zero-order chi connectivity index (χ0) is 30.5. The standard InChI is InChI=1S/C31H31BrO10/c1-3-27(33)38-16-15-20-5-14-26(25(32)19-20)42-31(37)23-8-6-22(7-9-23)30(36)41-24-12-10-21(11-13-24)29(35)40-18-17-39-28(34)4-2/h3-5,10-14,19,22-23H,1-2,6-9,15-18H2. The zero-order valence-corrected chi connectivity index (χ0v) is 24.5. The molecule has 2 aromatic carbocycles. The van der Waals surface area contributed by atoms with E-state index in [1.165, 1.54) is 24.3 Å². The second kappa shape index (κ2) is 16.3. The Kier molecular flexibility index (Phi) is 12.5. The van der Waals surface area contributed by atoms with Crippen molar-refractivity contribution in [2.45, 2.75) is 32.1 Å². The SMILES string of the molecule is C=CC(=O)OCCOC(=O)c1ccc(OC(=O)C2CCC(C(=O)Oc3ccc(CCOC(=O)C=C)cc3Br)CC2)cc1. The van der Waals surface area contributed by atoms with E-state index in [0.29, 0.717) is 42.3 Å². The highest BCUT2D eigenvalue weighted by Gasteiger charge is 2.32. The van der Waals surface area contributed by atoms with Gasteiger partial charge in [-0.3, -0.25) is 9.59 Å². The smallest absolute Gasteiger partial charge is 0.338 e. The second-order valence-electron chi connectivity index (χ2n) is 9.31. The monoisotopic (exact) mass is 642 g/mol. The van der Waals surface area contributed by atoms with E-state index >= 15 is 0 Å². The molecule has 222 valence electrons. The van der Waals surface area contributed by atoms with E-state index in [1.54, 1.807) is 18.2 Å². The highest BCUT2D eigenvalue weighted by Crippen LogP contribution is 2.33. The average Bonchev–Trinajstić information content (AvgIpc) is 3.00. The van der Waals surface area contributed by atoms with Crippen LogP contribution < -0.4 is 9.47 Å². The number of esters is 5. The quantitative estimate of drug-likeness (QED) is 0.0974. The molecule has 0 atom stereocenters. The first-order chi connectivity index (χ1) is 20.2. The van der Waals surface area contributed by atoms with Gasteiger partial charge in [-0.1, -0.05) is 19.2 Å². The molecule has 0 amide bonds. The molecule has 0 unspecified atom stereocenters. The van der Waals surface area contributed by atoms with Gasteiger partial charge in [0.05, 0.1) is 28.5 Å². The number of benzene rings is 2. The lowest BCUT2D eigenvalue weighted by molar-refractivity contribution is -0.145. The fraction of sp³-hybridized carbons (Fsp3) is 0.323. The molecule has 1 aliphatic rings. The summed E-state index contributed by atoms with van der Waals surface area (Å²) in [5, 5.41) is 0. The minimum absolute atomic E-state index is 0.0884. The lowest BCUT2D eigenvalue weighted by atomic mass is 9.82. The zero-order valence-electron chi connectivity index (χ0n) is 22.9. The maximum absolute atomic E-state index is 12.8. The minimum atomic E-state index is -0.609. The molecule has 0 radical (unpaired) electrons. The third-order valence-electron chi connectivity index (χ3n) is 6.44. The Bertz CT molecular complexity index is 1310. The maximum atomic E-state index is 12.8. The number of ether oxygens (including phenoxy) is 5. The van der Waals surface area contributed by atoms with Crippen LogP contribution in [0.4, 0.5) is 0 Å². The van der Waals surface area contributed by atoms with Crippen LogP contribution in [-0.2, 0) is 39.8 Å². The Balaban J connectivity index is 1.41. The molecule has 2 aromatic rings. The summed E-state index contributed by atoms with van der Waals surface area (Å²) >= 11 is 3.42. The van der Waals surface area contributed by atoms with Gasteiger partial charge >= 0.3 is 29.8 Å². The molecular formula is C31H31BrO10. The summed E-state index contributed by atoms with van der Waals surface area (Å²) in [6, 6.07) is 11.2. The van der Waals surface area contributed by atoms with Crippen LogP contribution in [0.25, 0.3) is 0 Å². The van der Waals surface area contributed by atoms with Crippen molar-refractivity contribution in [1.82, 2.24) is 0 Å². The largest absolute Gasteiger partial charge is 0.462 e. The number of rotatable bonds is 13. The number of hydrogen-bond acceptors (Lipinski definition) is 10. The highest BCUT2D eigenvalue weighted by molar-refractivity contribution is 9.10. The fourth-order valence-corrected chi connectivity index (χ4v) is 4.65. The highest BCUT2D eigenvalue weighted by atomic mass is 79.9. The van der Waals surface area contributed by atoms with Crippen LogP contribution >= 0.6 is 15.9 Å². The summed E-state index contributed by atoms with van der Waals surface area (Å²) in [5.41, 5.74) is 1.15. The third kappa shape index (κ3) is 9.99. The van der Waals surface area contributed by atoms with Crippen molar-refractivity contribution in [3.05, 3.63) is 83.4 Å². The molecule has 3 rings (SSSR count). The second-order valence-corrected chi connectivity index (χ2v) is 10.2. The van der Waals surface area contributed by atoms with E-state index in [4.69, 9.17) is 23.7 Å². The predicted molar refractivity (Wildman–Crippen MR) is 154 cm³/mol. The van der Waals surface area contributed by atoms with Crippen LogP contribution in [-0.4, -0.2) is 49.7 Å². The van der Waals surface area contributed by atoms with Crippen LogP contribution in [0, 0.1) is 11.8 Å². The summed E-state index contributed by atoms with van der Waals surface area (Å²) in [6.07, 6.45) is 4.53. The molecule has 0 heterocycles. The van der Waals surface area contributed by atoms with Crippen molar-refractivity contribution in [2.75, 3.05) is 19.8 Å². The summed E-state index contributed by atoms with van der Waals surface area (Å²) in [6.45, 7) is 6.64. The van der Waals surface area contributed by atoms with Gasteiger partial charge in [0.1, 0.15) is 24.7 Å². The molecule has 0 bridgehead atoms. The molecule has 0 spiro atoms. The Morgan fingerprint density at radius 1 is 0.738 bits per heavy atom. The van der Waals surface area contributed by atoms with Crippen molar-refractivity contribution in [3.63, 3.8) is 0 Å². The van der Waals surface area contributed by atoms with Gasteiger partial charge in [-0.2, -0.15) is 0 Å². The van der Waals surface area contributed by atoms with Gasteiger partial charge in [0.25, 0.3) is 0 Å². The Morgan fingerprint density at radius 3 is 1.86 bits per heavy atom. The molecule has 11 heteroatoms. The molecule has 0 saturated heterocycles. The van der Waals surface area contributed by atoms with E-state index in [2.05, 4.69) is 29.1 Å². The molecule has 1 saturated carbocycles. The van der Waals surface area contributed by atoms with Crippen molar-refractivity contribution >= 4 is 45.8 Å². The van der Waals surface area contributed by atoms with E-state index in [0.717, 1.165) is 17.7 Å². The van der Waals surface area contributed by atoms with Gasteiger partial charge in [0.2, 0.25) is 0 Å². The fourth-order valence-electron chi connectivity index (χ4n) is 4.14. The Morgan fingerprint density at radius 2 is 1.29 bits per heavy atom. The summed E-state index contributed by atoms with van der Waals surface area (Å²) in [7, 11) is 0. The van der Waals surface area contributed by atoms with Gasteiger partial charge in [0, 0.05) is 18.6 Å². The molecule has 0 aromatic heterocycles. The molecule has 0 aliphatic heterocycles. The van der Waals surface area contributed by atoms with Crippen LogP contribution in [0.2, 0.25) is 0 Å². The minimum Gasteiger partial charge on any atom is -0.462 e. The van der Waals surface area contributed by atoms with Gasteiger partial charge in [-0.15, -0.1) is 0 Å². The van der Waals surface area contributed by atoms with Crippen molar-refractivity contribution < 1.29 is 47.7 Å². The number of carbonyl (C=O) groups is 5. The number of halogens is 1. The molecule has 1 aliphatic carbocycles. The first-order valence-corrected chi connectivity index (χ1v) is 14.1. The predicted octanol–water partition coefficient (Wildman–Crippen LogP) is 4.92. The number of carbonyl (C=O) groups excluding carboxylic acids is 5. The lowest BCUT2D eigenvalue weighted by Crippen LogP contribution is -2.30. The molecular weight excluding hydrogens is 612 g/mol. The van der Waals surface area contributed by atoms with Gasteiger partial charge < -0.3 is 23.7 Å². The molecule has 42 heavy (non-hydrogen) atoms. The van der Waals surface area contributed by atoms with Crippen LogP contribution in [0.5, 0.6) is 11.5 Å². The average molecular weight is 643 g/mol. The summed E-state index contributed by atoms with van der Waals surface area (Å²) in [5.74, 6) is -2.51. The molecule has 1 fully saturated rings. The van der Waals surface area contributed by atoms with Crippen LogP contribution in [0.1, 0.15) is 41.6 Å². The van der Waals surface area contributed by atoms with Crippen LogP contribution in [0.3, 0.4) is 0 Å². The lowest BCUT2D eigenvalue weighted by Gasteiger charge is -2.26. The van der Waals surface area contributed by atoms with E-state index in [9.17, 15) is 24.0 Å². The van der Waals surface area contributed by atoms with Gasteiger partial charge in [0.15, 0.2) is 0 Å². The third-order valence-corrected chi connectivity index (χ3v) is 7.06. The van der Waals surface area contributed by atoms with E-state index < -0.39 is 23.9 Å². The summed E-state index contributed by atoms with van der Waals surface area (Å²) < 4.78 is 26.4. The normalized spacial score (nSPS) is 15.9. The Labute approximate surface area is 251 Å². The van der Waals surface area contributed by atoms with Crippen molar-refractivity contribution in [3.8, 4) is 11.5 Å². The van der Waals surface area contributed by atoms with Crippen LogP contribution in [0.15, 0.2) is 72.2 Å². The van der Waals surface area contributed by atoms with Gasteiger partial charge in [-0.25, -0.2) is 14.4 Å². The maximum Gasteiger partial charge on any atom is 0.338 e. The van der Waals surface area contributed by atoms with Crippen molar-refractivity contribution in [1.29, 1.82) is 0 Å².